The summed E-state index contributed by atoms with van der Waals surface area (Å²) in [6, 6.07) is 11.6. The predicted molar refractivity (Wildman–Crippen MR) is 136 cm³/mol. The molecule has 2 amide bonds. The number of amides is 2. The van der Waals surface area contributed by atoms with Gasteiger partial charge in [-0.15, -0.1) is 12.4 Å². The molecule has 3 atom stereocenters. The van der Waals surface area contributed by atoms with Gasteiger partial charge < -0.3 is 9.80 Å². The maximum atomic E-state index is 13.2. The van der Waals surface area contributed by atoms with E-state index in [1.54, 1.807) is 53.2 Å². The Kier molecular flexibility index (Phi) is 8.87. The first-order valence-corrected chi connectivity index (χ1v) is 11.9. The van der Waals surface area contributed by atoms with Gasteiger partial charge in [0.25, 0.3) is 5.91 Å². The standard InChI is InChI=1S/C24H24Cl3N3O3.ClH/c1-29(23(32)14-2-5-16(25)6-3-14)22-8-9-30(24(33)21-11-17(31)12-28-21)13-18(22)15-4-7-19(26)20(27)10-15;/h2-7,10,18,21-22,28H,8-9,11-13H2,1H3;1H/t18-,21-,22+;/m0./s1. The summed E-state index contributed by atoms with van der Waals surface area (Å²) in [7, 11) is 1.78. The second kappa shape index (κ2) is 11.3. The molecule has 182 valence electrons. The van der Waals surface area contributed by atoms with Crippen LogP contribution in [0.15, 0.2) is 42.5 Å². The van der Waals surface area contributed by atoms with Gasteiger partial charge >= 0.3 is 0 Å². The summed E-state index contributed by atoms with van der Waals surface area (Å²) in [6.07, 6.45) is 0.804. The highest BCUT2D eigenvalue weighted by Gasteiger charge is 2.39. The number of ketones is 1. The quantitative estimate of drug-likeness (QED) is 0.617. The number of Topliss-reactive ketones (excluding diaryl/α,β-unsaturated/α-hetero) is 1. The van der Waals surface area contributed by atoms with Crippen LogP contribution >= 0.6 is 47.2 Å². The largest absolute Gasteiger partial charge is 0.341 e. The van der Waals surface area contributed by atoms with E-state index in [1.165, 1.54) is 0 Å². The molecule has 10 heteroatoms. The van der Waals surface area contributed by atoms with Crippen LogP contribution in [-0.2, 0) is 9.59 Å². The number of likely N-dealkylation sites (tertiary alicyclic amines) is 1. The fourth-order valence-electron chi connectivity index (χ4n) is 4.62. The topological polar surface area (TPSA) is 69.7 Å². The van der Waals surface area contributed by atoms with Gasteiger partial charge in [0.05, 0.1) is 22.6 Å². The first-order valence-electron chi connectivity index (χ1n) is 10.8. The summed E-state index contributed by atoms with van der Waals surface area (Å²) in [5, 5.41) is 4.43. The van der Waals surface area contributed by atoms with Gasteiger partial charge in [0, 0.05) is 49.1 Å². The molecule has 2 aromatic rings. The predicted octanol–water partition coefficient (Wildman–Crippen LogP) is 4.46. The van der Waals surface area contributed by atoms with Crippen molar-refractivity contribution in [2.24, 2.45) is 0 Å². The number of nitrogens with one attached hydrogen (secondary N) is 1. The zero-order chi connectivity index (χ0) is 23.7. The summed E-state index contributed by atoms with van der Waals surface area (Å²) in [5.74, 6) is -0.339. The lowest BCUT2D eigenvalue weighted by Crippen LogP contribution is -2.54. The number of hydrogen-bond donors (Lipinski definition) is 1. The van der Waals surface area contributed by atoms with Crippen LogP contribution in [0.2, 0.25) is 15.1 Å². The molecule has 0 radical (unpaired) electrons. The molecule has 0 spiro atoms. The van der Waals surface area contributed by atoms with Gasteiger partial charge in [0.1, 0.15) is 5.78 Å². The molecule has 4 rings (SSSR count). The van der Waals surface area contributed by atoms with Crippen molar-refractivity contribution in [2.75, 3.05) is 26.7 Å². The third kappa shape index (κ3) is 5.69. The minimum absolute atomic E-state index is 0. The molecule has 0 unspecified atom stereocenters. The third-order valence-corrected chi connectivity index (χ3v) is 7.44. The molecule has 2 aliphatic heterocycles. The van der Waals surface area contributed by atoms with Crippen LogP contribution in [-0.4, -0.2) is 66.2 Å². The smallest absolute Gasteiger partial charge is 0.253 e. The second-order valence-corrected chi connectivity index (χ2v) is 9.77. The van der Waals surface area contributed by atoms with Gasteiger partial charge in [-0.2, -0.15) is 0 Å². The molecule has 0 aromatic heterocycles. The van der Waals surface area contributed by atoms with Crippen molar-refractivity contribution < 1.29 is 14.4 Å². The van der Waals surface area contributed by atoms with E-state index in [9.17, 15) is 14.4 Å². The van der Waals surface area contributed by atoms with Crippen LogP contribution in [0.5, 0.6) is 0 Å². The van der Waals surface area contributed by atoms with E-state index < -0.39 is 6.04 Å². The molecule has 34 heavy (non-hydrogen) atoms. The summed E-state index contributed by atoms with van der Waals surface area (Å²) >= 11 is 18.4. The van der Waals surface area contributed by atoms with Gasteiger partial charge in [-0.25, -0.2) is 0 Å². The molecular weight excluding hydrogens is 520 g/mol. The lowest BCUT2D eigenvalue weighted by Gasteiger charge is -2.43. The summed E-state index contributed by atoms with van der Waals surface area (Å²) in [6.45, 7) is 1.12. The number of hydrogen-bond acceptors (Lipinski definition) is 4. The van der Waals surface area contributed by atoms with Crippen LogP contribution in [0.25, 0.3) is 0 Å². The van der Waals surface area contributed by atoms with E-state index in [1.807, 2.05) is 6.07 Å². The van der Waals surface area contributed by atoms with E-state index in [0.717, 1.165) is 5.56 Å². The Labute approximate surface area is 219 Å². The minimum Gasteiger partial charge on any atom is -0.341 e. The molecule has 2 fully saturated rings. The van der Waals surface area contributed by atoms with Crippen molar-refractivity contribution in [2.45, 2.75) is 30.8 Å². The zero-order valence-corrected chi connectivity index (χ0v) is 21.6. The maximum absolute atomic E-state index is 13.2. The lowest BCUT2D eigenvalue weighted by molar-refractivity contribution is -0.135. The van der Waals surface area contributed by atoms with Crippen molar-refractivity contribution in [1.82, 2.24) is 15.1 Å². The molecule has 2 aliphatic rings. The number of benzene rings is 2. The van der Waals surface area contributed by atoms with Crippen LogP contribution < -0.4 is 5.32 Å². The van der Waals surface area contributed by atoms with Gasteiger partial charge in [-0.3, -0.25) is 19.7 Å². The molecule has 0 saturated carbocycles. The van der Waals surface area contributed by atoms with E-state index in [-0.39, 0.29) is 54.9 Å². The summed E-state index contributed by atoms with van der Waals surface area (Å²) in [4.78, 5) is 41.5. The Morgan fingerprint density at radius 2 is 1.76 bits per heavy atom. The van der Waals surface area contributed by atoms with E-state index in [2.05, 4.69) is 5.32 Å². The Morgan fingerprint density at radius 3 is 2.38 bits per heavy atom. The molecule has 2 saturated heterocycles. The Hall–Kier alpha value is -1.83. The first kappa shape index (κ1) is 26.8. The SMILES string of the molecule is CN(C(=O)c1ccc(Cl)cc1)[C@@H]1CCN(C(=O)[C@@H]2CC(=O)CN2)C[C@H]1c1ccc(Cl)c(Cl)c1.Cl. The average Bonchev–Trinajstić information content (AvgIpc) is 3.26. The molecule has 6 nitrogen and oxygen atoms in total. The van der Waals surface area contributed by atoms with Crippen LogP contribution in [0.1, 0.15) is 34.7 Å². The van der Waals surface area contributed by atoms with E-state index in [0.29, 0.717) is 40.1 Å². The fourth-order valence-corrected chi connectivity index (χ4v) is 5.06. The molecule has 1 N–H and O–H groups in total. The molecule has 2 heterocycles. The Balaban J connectivity index is 0.00000324. The number of halogens is 4. The Morgan fingerprint density at radius 1 is 1.06 bits per heavy atom. The van der Waals surface area contributed by atoms with Crippen LogP contribution in [0.4, 0.5) is 0 Å². The molecule has 2 aromatic carbocycles. The van der Waals surface area contributed by atoms with E-state index >= 15 is 0 Å². The van der Waals surface area contributed by atoms with Crippen molar-refractivity contribution >= 4 is 64.8 Å². The normalized spacial score (nSPS) is 22.3. The molecular formula is C24H25Cl4N3O3. The number of carbonyl (C=O) groups is 3. The van der Waals surface area contributed by atoms with Crippen molar-refractivity contribution in [3.8, 4) is 0 Å². The Bertz CT molecular complexity index is 1080. The highest BCUT2D eigenvalue weighted by molar-refractivity contribution is 6.42. The van der Waals surface area contributed by atoms with Crippen molar-refractivity contribution in [1.29, 1.82) is 0 Å². The number of piperidine rings is 1. The zero-order valence-electron chi connectivity index (χ0n) is 18.5. The fraction of sp³-hybridized carbons (Fsp3) is 0.375. The van der Waals surface area contributed by atoms with Crippen molar-refractivity contribution in [3.05, 3.63) is 68.7 Å². The highest BCUT2D eigenvalue weighted by atomic mass is 35.5. The van der Waals surface area contributed by atoms with Crippen LogP contribution in [0, 0.1) is 0 Å². The number of likely N-dealkylation sites (N-methyl/N-ethyl adjacent to an activating group) is 1. The second-order valence-electron chi connectivity index (χ2n) is 8.52. The minimum atomic E-state index is -0.489. The average molecular weight is 545 g/mol. The highest BCUT2D eigenvalue weighted by Crippen LogP contribution is 2.35. The number of rotatable bonds is 4. The first-order chi connectivity index (χ1) is 15.7. The monoisotopic (exact) mass is 543 g/mol. The van der Waals surface area contributed by atoms with Crippen LogP contribution in [0.3, 0.4) is 0 Å². The number of nitrogens with zero attached hydrogens (tertiary/aromatic N) is 2. The van der Waals surface area contributed by atoms with Gasteiger partial charge in [-0.1, -0.05) is 40.9 Å². The summed E-state index contributed by atoms with van der Waals surface area (Å²) in [5.41, 5.74) is 1.44. The van der Waals surface area contributed by atoms with E-state index in [4.69, 9.17) is 34.8 Å². The van der Waals surface area contributed by atoms with Crippen molar-refractivity contribution in [3.63, 3.8) is 0 Å². The molecule has 0 aliphatic carbocycles. The lowest BCUT2D eigenvalue weighted by atomic mass is 9.84. The van der Waals surface area contributed by atoms with Gasteiger partial charge in [0.15, 0.2) is 0 Å². The summed E-state index contributed by atoms with van der Waals surface area (Å²) < 4.78 is 0. The van der Waals surface area contributed by atoms with Gasteiger partial charge in [0.2, 0.25) is 5.91 Å². The number of carbonyl (C=O) groups excluding carboxylic acids is 3. The third-order valence-electron chi connectivity index (χ3n) is 6.44. The maximum Gasteiger partial charge on any atom is 0.253 e. The van der Waals surface area contributed by atoms with Gasteiger partial charge in [-0.05, 0) is 48.4 Å². The molecule has 0 bridgehead atoms.